The zero-order valence-corrected chi connectivity index (χ0v) is 35.6. The number of unbranched alkanes of at least 4 members (excludes halogenated alkanes) is 20. The average molecular weight is 770 g/mol. The van der Waals surface area contributed by atoms with Crippen molar-refractivity contribution < 1.29 is 38.4 Å². The van der Waals surface area contributed by atoms with Crippen LogP contribution in [0.15, 0.2) is 0 Å². The van der Waals surface area contributed by atoms with Crippen molar-refractivity contribution in [1.82, 2.24) is 4.90 Å². The number of aliphatic hydroxyl groups excluding tert-OH is 1. The topological polar surface area (TPSA) is 112 Å². The Morgan fingerprint density at radius 3 is 1.43 bits per heavy atom. The lowest BCUT2D eigenvalue weighted by atomic mass is 9.98. The molecule has 9 heteroatoms. The van der Waals surface area contributed by atoms with Crippen LogP contribution in [-0.4, -0.2) is 80.8 Å². The third-order valence-corrected chi connectivity index (χ3v) is 10.4. The van der Waals surface area contributed by atoms with Gasteiger partial charge in [-0.1, -0.05) is 136 Å². The number of hydrogen-bond acceptors (Lipinski definition) is 9. The van der Waals surface area contributed by atoms with E-state index in [1.54, 1.807) is 0 Å². The van der Waals surface area contributed by atoms with E-state index in [4.69, 9.17) is 18.9 Å². The number of aliphatic hydroxyl groups is 1. The van der Waals surface area contributed by atoms with E-state index in [0.29, 0.717) is 32.7 Å². The van der Waals surface area contributed by atoms with Crippen LogP contribution < -0.4 is 0 Å². The molecule has 0 amide bonds. The maximum absolute atomic E-state index is 12.5. The summed E-state index contributed by atoms with van der Waals surface area (Å²) in [4.78, 5) is 38.3. The van der Waals surface area contributed by atoms with Crippen LogP contribution in [-0.2, 0) is 23.7 Å². The molecule has 0 spiro atoms. The Kier molecular flexibility index (Phi) is 40.8. The van der Waals surface area contributed by atoms with Crippen molar-refractivity contribution in [2.24, 2.45) is 5.92 Å². The van der Waals surface area contributed by atoms with Gasteiger partial charge in [-0.15, -0.1) is 0 Å². The van der Waals surface area contributed by atoms with Crippen molar-refractivity contribution in [2.75, 3.05) is 46.1 Å². The summed E-state index contributed by atoms with van der Waals surface area (Å²) in [6.07, 6.45) is 32.3. The highest BCUT2D eigenvalue weighted by Crippen LogP contribution is 2.19. The first-order valence-electron chi connectivity index (χ1n) is 22.9. The molecule has 0 aliphatic heterocycles. The van der Waals surface area contributed by atoms with E-state index in [1.807, 2.05) is 0 Å². The number of nitrogens with zero attached hydrogens (tertiary/aromatic N) is 1. The third kappa shape index (κ3) is 37.1. The van der Waals surface area contributed by atoms with E-state index in [2.05, 4.69) is 25.7 Å². The smallest absolute Gasteiger partial charge is 0.434 e. The molecule has 1 N–H and O–H groups in total. The molecular weight excluding hydrogens is 682 g/mol. The van der Waals surface area contributed by atoms with Crippen LogP contribution in [0, 0.1) is 5.92 Å². The largest absolute Gasteiger partial charge is 0.508 e. The van der Waals surface area contributed by atoms with E-state index in [-0.39, 0.29) is 18.6 Å². The highest BCUT2D eigenvalue weighted by atomic mass is 16.7. The quantitative estimate of drug-likeness (QED) is 0.0368. The molecule has 0 rings (SSSR count). The monoisotopic (exact) mass is 770 g/mol. The van der Waals surface area contributed by atoms with Gasteiger partial charge in [-0.25, -0.2) is 9.59 Å². The fraction of sp³-hybridized carbons (Fsp3) is 0.933. The van der Waals surface area contributed by atoms with Crippen LogP contribution >= 0.6 is 0 Å². The highest BCUT2D eigenvalue weighted by Gasteiger charge is 2.17. The minimum Gasteiger partial charge on any atom is -0.434 e. The second-order valence-corrected chi connectivity index (χ2v) is 15.6. The molecule has 1 unspecified atom stereocenters. The molecule has 0 heterocycles. The second-order valence-electron chi connectivity index (χ2n) is 15.6. The molecule has 54 heavy (non-hydrogen) atoms. The molecule has 0 aromatic carbocycles. The molecule has 0 saturated carbocycles. The predicted molar refractivity (Wildman–Crippen MR) is 222 cm³/mol. The number of rotatable bonds is 42. The Morgan fingerprint density at radius 2 is 0.926 bits per heavy atom. The van der Waals surface area contributed by atoms with Crippen molar-refractivity contribution >= 4 is 18.6 Å². The molecule has 0 saturated heterocycles. The number of carbonyl (C=O) groups is 3. The van der Waals surface area contributed by atoms with Crippen LogP contribution in [0.2, 0.25) is 0 Å². The number of ether oxygens (including phenoxy) is 4. The van der Waals surface area contributed by atoms with E-state index in [0.717, 1.165) is 109 Å². The summed E-state index contributed by atoms with van der Waals surface area (Å²) in [6, 6.07) is 0. The summed E-state index contributed by atoms with van der Waals surface area (Å²) in [5, 5.41) is 9.46. The fourth-order valence-corrected chi connectivity index (χ4v) is 7.00. The van der Waals surface area contributed by atoms with Gasteiger partial charge in [0.15, 0.2) is 0 Å². The summed E-state index contributed by atoms with van der Waals surface area (Å²) >= 11 is 0. The molecule has 0 radical (unpaired) electrons. The second kappa shape index (κ2) is 42.3. The lowest BCUT2D eigenvalue weighted by Crippen LogP contribution is -2.32. The van der Waals surface area contributed by atoms with Gasteiger partial charge in [-0.2, -0.15) is 0 Å². The van der Waals surface area contributed by atoms with Gasteiger partial charge in [0.2, 0.25) is 0 Å². The van der Waals surface area contributed by atoms with Gasteiger partial charge in [-0.05, 0) is 83.1 Å². The molecular formula is C45H87NO8. The highest BCUT2D eigenvalue weighted by molar-refractivity contribution is 5.60. The van der Waals surface area contributed by atoms with Crippen molar-refractivity contribution in [3.05, 3.63) is 0 Å². The standard InChI is InChI=1S/C45H87NO8/c1-4-7-10-13-16-20-26-38-51-44(49)52-40-28-24-30-42(33-37-48)41-46(35-29-36-47)34-25-19-21-27-39-53-45(50)54-43(31-22-17-14-11-8-5-2)32-23-18-15-12-9-6-3/h37,42-43,47H,4-36,38-41H2,1-3H3. The van der Waals surface area contributed by atoms with Gasteiger partial charge in [0.05, 0.1) is 19.8 Å². The Bertz CT molecular complexity index is 797. The average Bonchev–Trinajstić information content (AvgIpc) is 3.16. The van der Waals surface area contributed by atoms with Crippen LogP contribution in [0.5, 0.6) is 0 Å². The molecule has 0 fully saturated rings. The minimum absolute atomic E-state index is 0.0377. The van der Waals surface area contributed by atoms with Gasteiger partial charge in [0, 0.05) is 26.1 Å². The normalized spacial score (nSPS) is 12.0. The molecule has 0 aromatic rings. The Labute approximate surface area is 332 Å². The van der Waals surface area contributed by atoms with Crippen LogP contribution in [0.3, 0.4) is 0 Å². The summed E-state index contributed by atoms with van der Waals surface area (Å²) in [6.45, 7) is 10.5. The molecule has 320 valence electrons. The molecule has 0 aromatic heterocycles. The van der Waals surface area contributed by atoms with Gasteiger partial charge in [0.25, 0.3) is 0 Å². The number of aldehydes is 1. The van der Waals surface area contributed by atoms with Crippen molar-refractivity contribution in [3.63, 3.8) is 0 Å². The molecule has 9 nitrogen and oxygen atoms in total. The van der Waals surface area contributed by atoms with E-state index >= 15 is 0 Å². The Balaban J connectivity index is 4.33. The lowest BCUT2D eigenvalue weighted by molar-refractivity contribution is -0.108. The number of carbonyl (C=O) groups excluding carboxylic acids is 3. The molecule has 1 atom stereocenters. The summed E-state index contributed by atoms with van der Waals surface area (Å²) in [5.74, 6) is 0.232. The summed E-state index contributed by atoms with van der Waals surface area (Å²) in [5.41, 5.74) is 0. The summed E-state index contributed by atoms with van der Waals surface area (Å²) < 4.78 is 21.8. The molecule has 0 bridgehead atoms. The van der Waals surface area contributed by atoms with E-state index in [1.165, 1.54) is 96.3 Å². The Hall–Kier alpha value is -1.87. The lowest BCUT2D eigenvalue weighted by Gasteiger charge is -2.26. The van der Waals surface area contributed by atoms with E-state index in [9.17, 15) is 19.5 Å². The van der Waals surface area contributed by atoms with Crippen molar-refractivity contribution in [2.45, 2.75) is 219 Å². The molecule has 0 aliphatic rings. The number of hydrogen-bond donors (Lipinski definition) is 1. The zero-order valence-electron chi connectivity index (χ0n) is 35.6. The third-order valence-electron chi connectivity index (χ3n) is 10.4. The predicted octanol–water partition coefficient (Wildman–Crippen LogP) is 12.5. The maximum Gasteiger partial charge on any atom is 0.508 e. The summed E-state index contributed by atoms with van der Waals surface area (Å²) in [7, 11) is 0. The SMILES string of the molecule is CCCCCCCCCOC(=O)OCCCCC(CC=O)CN(CCCO)CCCCCCOC(=O)OC(CCCCCCCC)CCCCCCCC. The van der Waals surface area contributed by atoms with E-state index < -0.39 is 12.3 Å². The first kappa shape index (κ1) is 52.1. The van der Waals surface area contributed by atoms with Crippen LogP contribution in [0.4, 0.5) is 9.59 Å². The van der Waals surface area contributed by atoms with Gasteiger partial charge in [-0.3, -0.25) is 0 Å². The van der Waals surface area contributed by atoms with Gasteiger partial charge < -0.3 is 33.7 Å². The fourth-order valence-electron chi connectivity index (χ4n) is 7.00. The maximum atomic E-state index is 12.5. The zero-order chi connectivity index (χ0) is 39.6. The van der Waals surface area contributed by atoms with Crippen molar-refractivity contribution in [1.29, 1.82) is 0 Å². The van der Waals surface area contributed by atoms with Crippen molar-refractivity contribution in [3.8, 4) is 0 Å². The van der Waals surface area contributed by atoms with Gasteiger partial charge >= 0.3 is 12.3 Å². The Morgan fingerprint density at radius 1 is 0.519 bits per heavy atom. The first-order valence-corrected chi connectivity index (χ1v) is 22.9. The van der Waals surface area contributed by atoms with Gasteiger partial charge in [0.1, 0.15) is 12.4 Å². The molecule has 0 aliphatic carbocycles. The first-order chi connectivity index (χ1) is 26.5. The minimum atomic E-state index is -0.585. The van der Waals surface area contributed by atoms with Crippen LogP contribution in [0.1, 0.15) is 213 Å². The van der Waals surface area contributed by atoms with Crippen LogP contribution in [0.25, 0.3) is 0 Å².